The zero-order valence-electron chi connectivity index (χ0n) is 13.3. The molecule has 2 aromatic carbocycles. The number of fused-ring (bicyclic) bond motifs is 1. The van der Waals surface area contributed by atoms with Crippen LogP contribution >= 0.6 is 0 Å². The van der Waals surface area contributed by atoms with Crippen LogP contribution in [0.4, 0.5) is 0 Å². The summed E-state index contributed by atoms with van der Waals surface area (Å²) in [6, 6.07) is 18.6. The number of carbonyl (C=O) groups is 1. The Balaban J connectivity index is 1.43. The highest BCUT2D eigenvalue weighted by atomic mass is 16.5. The van der Waals surface area contributed by atoms with Crippen LogP contribution in [0, 0.1) is 0 Å². The molecular formula is C20H23NO2. The van der Waals surface area contributed by atoms with Crippen molar-refractivity contribution in [3.8, 4) is 0 Å². The molecule has 0 saturated carbocycles. The largest absolute Gasteiger partial charge is 0.376 e. The zero-order chi connectivity index (χ0) is 15.9. The fraction of sp³-hybridized carbons (Fsp3) is 0.350. The third kappa shape index (κ3) is 4.42. The smallest absolute Gasteiger partial charge is 0.222 e. The summed E-state index contributed by atoms with van der Waals surface area (Å²) < 4.78 is 5.59. The van der Waals surface area contributed by atoms with Crippen LogP contribution in [0.15, 0.2) is 54.6 Å². The first-order chi connectivity index (χ1) is 11.3. The van der Waals surface area contributed by atoms with E-state index in [9.17, 15) is 4.79 Å². The second-order valence-electron chi connectivity index (χ2n) is 6.00. The number of amides is 1. The minimum atomic E-state index is 0.0692. The minimum absolute atomic E-state index is 0.0692. The lowest BCUT2D eigenvalue weighted by Crippen LogP contribution is -2.31. The van der Waals surface area contributed by atoms with Crippen molar-refractivity contribution < 1.29 is 9.53 Å². The van der Waals surface area contributed by atoms with Crippen molar-refractivity contribution in [2.75, 3.05) is 6.61 Å². The van der Waals surface area contributed by atoms with E-state index in [-0.39, 0.29) is 11.9 Å². The fourth-order valence-electron chi connectivity index (χ4n) is 3.10. The molecule has 0 heterocycles. The SMILES string of the molecule is O=C(CCOCc1ccccc1)NC1CCCc2ccccc21. The molecule has 0 aromatic heterocycles. The normalized spacial score (nSPS) is 16.6. The highest BCUT2D eigenvalue weighted by molar-refractivity contribution is 5.76. The van der Waals surface area contributed by atoms with Crippen molar-refractivity contribution >= 4 is 5.91 Å². The summed E-state index contributed by atoms with van der Waals surface area (Å²) in [5.74, 6) is 0.0692. The summed E-state index contributed by atoms with van der Waals surface area (Å²) in [7, 11) is 0. The third-order valence-corrected chi connectivity index (χ3v) is 4.29. The average molecular weight is 309 g/mol. The van der Waals surface area contributed by atoms with Crippen LogP contribution in [0.1, 0.15) is 42.0 Å². The molecule has 1 N–H and O–H groups in total. The average Bonchev–Trinajstić information content (AvgIpc) is 2.60. The Morgan fingerprint density at radius 3 is 2.74 bits per heavy atom. The van der Waals surface area contributed by atoms with Crippen LogP contribution in [0.25, 0.3) is 0 Å². The van der Waals surface area contributed by atoms with Gasteiger partial charge in [-0.05, 0) is 36.0 Å². The Morgan fingerprint density at radius 1 is 1.09 bits per heavy atom. The van der Waals surface area contributed by atoms with Gasteiger partial charge in [-0.2, -0.15) is 0 Å². The van der Waals surface area contributed by atoms with Gasteiger partial charge in [0, 0.05) is 6.42 Å². The van der Waals surface area contributed by atoms with E-state index in [1.54, 1.807) is 0 Å². The maximum atomic E-state index is 12.1. The monoisotopic (exact) mass is 309 g/mol. The molecule has 0 saturated heterocycles. The van der Waals surface area contributed by atoms with Crippen LogP contribution < -0.4 is 5.32 Å². The van der Waals surface area contributed by atoms with Crippen LogP contribution in [0.3, 0.4) is 0 Å². The van der Waals surface area contributed by atoms with E-state index in [4.69, 9.17) is 4.74 Å². The first-order valence-corrected chi connectivity index (χ1v) is 8.32. The highest BCUT2D eigenvalue weighted by Crippen LogP contribution is 2.29. The molecule has 3 rings (SSSR count). The van der Waals surface area contributed by atoms with Crippen LogP contribution in [0.5, 0.6) is 0 Å². The number of rotatable bonds is 6. The number of carbonyl (C=O) groups excluding carboxylic acids is 1. The lowest BCUT2D eigenvalue weighted by atomic mass is 9.88. The van der Waals surface area contributed by atoms with Gasteiger partial charge in [-0.15, -0.1) is 0 Å². The lowest BCUT2D eigenvalue weighted by Gasteiger charge is -2.26. The minimum Gasteiger partial charge on any atom is -0.376 e. The quantitative estimate of drug-likeness (QED) is 0.825. The Hall–Kier alpha value is -2.13. The van der Waals surface area contributed by atoms with Crippen LogP contribution in [-0.4, -0.2) is 12.5 Å². The van der Waals surface area contributed by atoms with Crippen molar-refractivity contribution in [3.05, 3.63) is 71.3 Å². The van der Waals surface area contributed by atoms with Crippen LogP contribution in [-0.2, 0) is 22.6 Å². The maximum Gasteiger partial charge on any atom is 0.222 e. The van der Waals surface area contributed by atoms with Gasteiger partial charge in [0.15, 0.2) is 0 Å². The summed E-state index contributed by atoms with van der Waals surface area (Å²) in [6.45, 7) is 1.01. The molecule has 1 unspecified atom stereocenters. The van der Waals surface area contributed by atoms with Gasteiger partial charge in [0.2, 0.25) is 5.91 Å². The van der Waals surface area contributed by atoms with E-state index in [1.807, 2.05) is 36.4 Å². The van der Waals surface area contributed by atoms with Gasteiger partial charge in [-0.3, -0.25) is 4.79 Å². The number of hydrogen-bond acceptors (Lipinski definition) is 2. The van der Waals surface area contributed by atoms with Crippen molar-refractivity contribution in [3.63, 3.8) is 0 Å². The summed E-state index contributed by atoms with van der Waals surface area (Å²) >= 11 is 0. The van der Waals surface area contributed by atoms with Gasteiger partial charge in [-0.25, -0.2) is 0 Å². The van der Waals surface area contributed by atoms with Gasteiger partial charge < -0.3 is 10.1 Å². The summed E-state index contributed by atoms with van der Waals surface area (Å²) in [4.78, 5) is 12.1. The molecule has 0 aliphatic heterocycles. The molecule has 2 aromatic rings. The van der Waals surface area contributed by atoms with Gasteiger partial charge in [-0.1, -0.05) is 54.6 Å². The Kier molecular flexibility index (Phi) is 5.43. The van der Waals surface area contributed by atoms with Gasteiger partial charge in [0.05, 0.1) is 19.3 Å². The molecule has 120 valence electrons. The van der Waals surface area contributed by atoms with Crippen molar-refractivity contribution in [2.24, 2.45) is 0 Å². The molecule has 1 aliphatic rings. The molecule has 3 nitrogen and oxygen atoms in total. The first kappa shape index (κ1) is 15.8. The Labute approximate surface area is 137 Å². The van der Waals surface area contributed by atoms with Gasteiger partial charge >= 0.3 is 0 Å². The van der Waals surface area contributed by atoms with Gasteiger partial charge in [0.1, 0.15) is 0 Å². The number of nitrogens with one attached hydrogen (secondary N) is 1. The molecule has 0 bridgehead atoms. The van der Waals surface area contributed by atoms with E-state index in [0.29, 0.717) is 19.6 Å². The molecule has 23 heavy (non-hydrogen) atoms. The fourth-order valence-corrected chi connectivity index (χ4v) is 3.10. The molecule has 0 spiro atoms. The molecule has 1 atom stereocenters. The first-order valence-electron chi connectivity index (χ1n) is 8.32. The standard InChI is InChI=1S/C20H23NO2/c22-20(13-14-23-15-16-7-2-1-3-8-16)21-19-12-6-10-17-9-4-5-11-18(17)19/h1-5,7-9,11,19H,6,10,12-15H2,(H,21,22). The lowest BCUT2D eigenvalue weighted by molar-refractivity contribution is -0.123. The molecule has 0 radical (unpaired) electrons. The van der Waals surface area contributed by atoms with Crippen molar-refractivity contribution in [1.82, 2.24) is 5.32 Å². The summed E-state index contributed by atoms with van der Waals surface area (Å²) in [6.07, 6.45) is 3.67. The number of hydrogen-bond donors (Lipinski definition) is 1. The third-order valence-electron chi connectivity index (χ3n) is 4.29. The van der Waals surface area contributed by atoms with Crippen LogP contribution in [0.2, 0.25) is 0 Å². The molecule has 1 amide bonds. The molecular weight excluding hydrogens is 286 g/mol. The van der Waals surface area contributed by atoms with E-state index < -0.39 is 0 Å². The Morgan fingerprint density at radius 2 is 1.87 bits per heavy atom. The molecule has 1 aliphatic carbocycles. The second-order valence-corrected chi connectivity index (χ2v) is 6.00. The van der Waals surface area contributed by atoms with E-state index in [0.717, 1.165) is 24.8 Å². The predicted octanol–water partition coefficient (Wildman–Crippen LogP) is 3.79. The van der Waals surface area contributed by atoms with E-state index in [1.165, 1.54) is 11.1 Å². The summed E-state index contributed by atoms with van der Waals surface area (Å²) in [5, 5.41) is 3.15. The topological polar surface area (TPSA) is 38.3 Å². The number of benzene rings is 2. The second kappa shape index (κ2) is 7.93. The maximum absolute atomic E-state index is 12.1. The Bertz CT molecular complexity index is 639. The van der Waals surface area contributed by atoms with Gasteiger partial charge in [0.25, 0.3) is 0 Å². The van der Waals surface area contributed by atoms with Crippen molar-refractivity contribution in [2.45, 2.75) is 38.3 Å². The molecule has 0 fully saturated rings. The predicted molar refractivity (Wildman–Crippen MR) is 91.0 cm³/mol. The van der Waals surface area contributed by atoms with Crippen molar-refractivity contribution in [1.29, 1.82) is 0 Å². The van der Waals surface area contributed by atoms with E-state index in [2.05, 4.69) is 23.5 Å². The van der Waals surface area contributed by atoms with E-state index >= 15 is 0 Å². The summed E-state index contributed by atoms with van der Waals surface area (Å²) in [5.41, 5.74) is 3.77. The number of ether oxygens (including phenoxy) is 1. The number of aryl methyl sites for hydroxylation is 1. The molecule has 3 heteroatoms. The highest BCUT2D eigenvalue weighted by Gasteiger charge is 2.20. The zero-order valence-corrected chi connectivity index (χ0v) is 13.3.